The van der Waals surface area contributed by atoms with Gasteiger partial charge >= 0.3 is 5.97 Å². The number of ether oxygens (including phenoxy) is 2. The van der Waals surface area contributed by atoms with Gasteiger partial charge in [-0.25, -0.2) is 13.6 Å². The van der Waals surface area contributed by atoms with Crippen molar-refractivity contribution in [2.24, 2.45) is 0 Å². The number of halogens is 2. The summed E-state index contributed by atoms with van der Waals surface area (Å²) in [4.78, 5) is 12.8. The summed E-state index contributed by atoms with van der Waals surface area (Å²) in [6, 6.07) is 5.91. The van der Waals surface area contributed by atoms with E-state index in [9.17, 15) is 13.6 Å². The van der Waals surface area contributed by atoms with E-state index >= 15 is 0 Å². The molecule has 1 aromatic carbocycles. The van der Waals surface area contributed by atoms with Gasteiger partial charge in [-0.2, -0.15) is 0 Å². The van der Waals surface area contributed by atoms with Gasteiger partial charge in [0.1, 0.15) is 17.7 Å². The summed E-state index contributed by atoms with van der Waals surface area (Å²) < 4.78 is 36.5. The molecule has 110 valence electrons. The first-order valence-corrected chi connectivity index (χ1v) is 6.45. The van der Waals surface area contributed by atoms with E-state index in [2.05, 4.69) is 4.74 Å². The first kappa shape index (κ1) is 14.7. The van der Waals surface area contributed by atoms with E-state index in [-0.39, 0.29) is 18.5 Å². The summed E-state index contributed by atoms with van der Waals surface area (Å²) in [5.41, 5.74) is 0. The average Bonchev–Trinajstić information content (AvgIpc) is 2.85. The predicted octanol–water partition coefficient (Wildman–Crippen LogP) is 1.79. The molecular formula is C14H17F2NO3. The van der Waals surface area contributed by atoms with Crippen LogP contribution in [0.15, 0.2) is 24.3 Å². The molecule has 0 saturated carbocycles. The van der Waals surface area contributed by atoms with Gasteiger partial charge in [0.15, 0.2) is 0 Å². The van der Waals surface area contributed by atoms with Gasteiger partial charge in [-0.3, -0.25) is 4.90 Å². The van der Waals surface area contributed by atoms with E-state index in [1.807, 2.05) is 0 Å². The second-order valence-corrected chi connectivity index (χ2v) is 4.74. The van der Waals surface area contributed by atoms with Crippen LogP contribution in [0.3, 0.4) is 0 Å². The molecule has 1 fully saturated rings. The SMILES string of the molecule is COC(=O)C(F)CN1CCC(Oc2cccc(F)c2)C1. The fourth-order valence-corrected chi connectivity index (χ4v) is 2.22. The van der Waals surface area contributed by atoms with Gasteiger partial charge in [-0.15, -0.1) is 0 Å². The molecule has 0 N–H and O–H groups in total. The van der Waals surface area contributed by atoms with Gasteiger partial charge in [0.25, 0.3) is 0 Å². The second-order valence-electron chi connectivity index (χ2n) is 4.74. The minimum atomic E-state index is -1.65. The van der Waals surface area contributed by atoms with Crippen molar-refractivity contribution in [3.8, 4) is 5.75 Å². The highest BCUT2D eigenvalue weighted by Gasteiger charge is 2.29. The zero-order valence-corrected chi connectivity index (χ0v) is 11.2. The number of carbonyl (C=O) groups excluding carboxylic acids is 1. The van der Waals surface area contributed by atoms with Gasteiger partial charge in [-0.1, -0.05) is 6.07 Å². The molecule has 1 aromatic rings. The molecule has 0 bridgehead atoms. The Kier molecular flexibility index (Phi) is 4.89. The summed E-state index contributed by atoms with van der Waals surface area (Å²) in [6.07, 6.45) is -1.06. The third-order valence-corrected chi connectivity index (χ3v) is 3.20. The first-order chi connectivity index (χ1) is 9.58. The number of nitrogens with zero attached hydrogens (tertiary/aromatic N) is 1. The maximum Gasteiger partial charge on any atom is 0.341 e. The van der Waals surface area contributed by atoms with Crippen LogP contribution in [-0.2, 0) is 9.53 Å². The molecule has 2 unspecified atom stereocenters. The second kappa shape index (κ2) is 6.65. The molecular weight excluding hydrogens is 268 g/mol. The van der Waals surface area contributed by atoms with Crippen LogP contribution < -0.4 is 4.74 Å². The fourth-order valence-electron chi connectivity index (χ4n) is 2.22. The van der Waals surface area contributed by atoms with Crippen LogP contribution in [0.1, 0.15) is 6.42 Å². The number of esters is 1. The Bertz CT molecular complexity index is 469. The molecule has 0 aromatic heterocycles. The monoisotopic (exact) mass is 285 g/mol. The fraction of sp³-hybridized carbons (Fsp3) is 0.500. The van der Waals surface area contributed by atoms with Gasteiger partial charge in [0.05, 0.1) is 7.11 Å². The topological polar surface area (TPSA) is 38.8 Å². The van der Waals surface area contributed by atoms with Gasteiger partial charge in [0.2, 0.25) is 6.17 Å². The molecule has 0 radical (unpaired) electrons. The summed E-state index contributed by atoms with van der Waals surface area (Å²) in [7, 11) is 1.16. The number of rotatable bonds is 5. The smallest absolute Gasteiger partial charge is 0.341 e. The van der Waals surface area contributed by atoms with Crippen LogP contribution in [0.5, 0.6) is 5.75 Å². The summed E-state index contributed by atoms with van der Waals surface area (Å²) >= 11 is 0. The Labute approximate surface area is 116 Å². The molecule has 0 spiro atoms. The Balaban J connectivity index is 1.82. The minimum Gasteiger partial charge on any atom is -0.489 e. The Morgan fingerprint density at radius 3 is 3.05 bits per heavy atom. The molecule has 0 amide bonds. The van der Waals surface area contributed by atoms with Gasteiger partial charge in [0, 0.05) is 25.7 Å². The van der Waals surface area contributed by atoms with Crippen molar-refractivity contribution in [3.05, 3.63) is 30.1 Å². The lowest BCUT2D eigenvalue weighted by molar-refractivity contribution is -0.147. The summed E-state index contributed by atoms with van der Waals surface area (Å²) in [6.45, 7) is 1.14. The van der Waals surface area contributed by atoms with Gasteiger partial charge in [-0.05, 0) is 18.6 Å². The maximum absolute atomic E-state index is 13.4. The molecule has 20 heavy (non-hydrogen) atoms. The highest BCUT2D eigenvalue weighted by molar-refractivity contribution is 5.74. The van der Waals surface area contributed by atoms with Crippen molar-refractivity contribution in [2.75, 3.05) is 26.7 Å². The number of likely N-dealkylation sites (tertiary alicyclic amines) is 1. The molecule has 4 nitrogen and oxygen atoms in total. The van der Waals surface area contributed by atoms with E-state index in [1.54, 1.807) is 17.0 Å². The first-order valence-electron chi connectivity index (χ1n) is 6.45. The molecule has 2 atom stereocenters. The Morgan fingerprint density at radius 1 is 1.55 bits per heavy atom. The van der Waals surface area contributed by atoms with E-state index in [1.165, 1.54) is 12.1 Å². The third kappa shape index (κ3) is 3.90. The molecule has 1 aliphatic heterocycles. The van der Waals surface area contributed by atoms with Crippen molar-refractivity contribution in [2.45, 2.75) is 18.7 Å². The molecule has 6 heteroatoms. The zero-order chi connectivity index (χ0) is 14.5. The number of carbonyl (C=O) groups is 1. The predicted molar refractivity (Wildman–Crippen MR) is 68.8 cm³/mol. The molecule has 2 rings (SSSR count). The Hall–Kier alpha value is -1.69. The normalized spacial score (nSPS) is 20.6. The highest BCUT2D eigenvalue weighted by atomic mass is 19.1. The van der Waals surface area contributed by atoms with Crippen molar-refractivity contribution in [3.63, 3.8) is 0 Å². The quantitative estimate of drug-likeness (QED) is 0.773. The van der Waals surface area contributed by atoms with Crippen molar-refractivity contribution < 1.29 is 23.0 Å². The van der Waals surface area contributed by atoms with Gasteiger partial charge < -0.3 is 9.47 Å². The lowest BCUT2D eigenvalue weighted by Gasteiger charge is -2.18. The Morgan fingerprint density at radius 2 is 2.35 bits per heavy atom. The van der Waals surface area contributed by atoms with E-state index in [0.29, 0.717) is 25.3 Å². The average molecular weight is 285 g/mol. The number of hydrogen-bond acceptors (Lipinski definition) is 4. The van der Waals surface area contributed by atoms with Crippen LogP contribution in [0, 0.1) is 5.82 Å². The van der Waals surface area contributed by atoms with E-state index in [4.69, 9.17) is 4.74 Å². The minimum absolute atomic E-state index is 0.00428. The maximum atomic E-state index is 13.4. The van der Waals surface area contributed by atoms with Crippen LogP contribution in [0.25, 0.3) is 0 Å². The number of methoxy groups -OCH3 is 1. The van der Waals surface area contributed by atoms with E-state index in [0.717, 1.165) is 7.11 Å². The molecule has 1 heterocycles. The van der Waals surface area contributed by atoms with Crippen LogP contribution in [-0.4, -0.2) is 49.9 Å². The van der Waals surface area contributed by atoms with Crippen LogP contribution in [0.4, 0.5) is 8.78 Å². The van der Waals surface area contributed by atoms with E-state index < -0.39 is 12.1 Å². The van der Waals surface area contributed by atoms with Crippen LogP contribution >= 0.6 is 0 Å². The molecule has 1 saturated heterocycles. The highest BCUT2D eigenvalue weighted by Crippen LogP contribution is 2.19. The van der Waals surface area contributed by atoms with Crippen LogP contribution in [0.2, 0.25) is 0 Å². The largest absolute Gasteiger partial charge is 0.489 e. The summed E-state index contributed by atoms with van der Waals surface area (Å²) in [5, 5.41) is 0. The lowest BCUT2D eigenvalue weighted by atomic mass is 10.3. The van der Waals surface area contributed by atoms with Crippen molar-refractivity contribution in [1.82, 2.24) is 4.90 Å². The molecule has 1 aliphatic rings. The summed E-state index contributed by atoms with van der Waals surface area (Å²) in [5.74, 6) is -0.756. The standard InChI is InChI=1S/C14H17F2NO3/c1-19-14(18)13(16)9-17-6-5-12(8-17)20-11-4-2-3-10(15)7-11/h2-4,7,12-13H,5-6,8-9H2,1H3. The number of hydrogen-bond donors (Lipinski definition) is 0. The number of alkyl halides is 1. The number of benzene rings is 1. The van der Waals surface area contributed by atoms with Crippen molar-refractivity contribution >= 4 is 5.97 Å². The third-order valence-electron chi connectivity index (χ3n) is 3.20. The molecule has 0 aliphatic carbocycles. The zero-order valence-electron chi connectivity index (χ0n) is 11.2. The van der Waals surface area contributed by atoms with Crippen molar-refractivity contribution in [1.29, 1.82) is 0 Å². The lowest BCUT2D eigenvalue weighted by Crippen LogP contribution is -2.34.